The molecule has 4 rings (SSSR count). The van der Waals surface area contributed by atoms with E-state index in [-0.39, 0.29) is 23.2 Å². The number of Topliss-reactive ketones (excluding diaryl/α,β-unsaturated/α-hetero) is 1. The number of rotatable bonds is 2. The molecule has 0 spiro atoms. The van der Waals surface area contributed by atoms with Crippen LogP contribution in [0.5, 0.6) is 11.5 Å². The quantitative estimate of drug-likeness (QED) is 0.592. The summed E-state index contributed by atoms with van der Waals surface area (Å²) in [6.45, 7) is 4.00. The molecule has 138 valence electrons. The van der Waals surface area contributed by atoms with E-state index in [1.807, 2.05) is 68.4 Å². The van der Waals surface area contributed by atoms with Crippen LogP contribution in [0.3, 0.4) is 0 Å². The van der Waals surface area contributed by atoms with Gasteiger partial charge in [0.1, 0.15) is 11.5 Å². The van der Waals surface area contributed by atoms with E-state index in [1.165, 1.54) is 17.8 Å². The summed E-state index contributed by atoms with van der Waals surface area (Å²) in [4.78, 5) is 14.8. The number of aromatic hydroxyl groups is 2. The maximum atomic E-state index is 13.3. The molecule has 0 bridgehead atoms. The molecule has 3 aromatic rings. The molecule has 3 aromatic carbocycles. The molecule has 0 saturated carbocycles. The van der Waals surface area contributed by atoms with Gasteiger partial charge in [0.2, 0.25) is 0 Å². The molecule has 0 radical (unpaired) electrons. The number of carbonyl (C=O) groups is 1. The lowest BCUT2D eigenvalue weighted by Gasteiger charge is -2.17. The summed E-state index contributed by atoms with van der Waals surface area (Å²) in [5, 5.41) is 20.1. The number of ketones is 1. The predicted octanol–water partition coefficient (Wildman–Crippen LogP) is 5.80. The summed E-state index contributed by atoms with van der Waals surface area (Å²) in [6, 6.07) is 20.5. The van der Waals surface area contributed by atoms with Crippen LogP contribution >= 0.6 is 11.8 Å². The average Bonchev–Trinajstić information content (AvgIpc) is 2.79. The lowest BCUT2D eigenvalue weighted by molar-refractivity contribution is 0.0953. The Kier molecular flexibility index (Phi) is 5.87. The van der Waals surface area contributed by atoms with E-state index < -0.39 is 0 Å². The lowest BCUT2D eigenvalue weighted by Crippen LogP contribution is -2.15. The fraction of sp³-hybridized carbons (Fsp3) is 0.174. The van der Waals surface area contributed by atoms with E-state index in [2.05, 4.69) is 0 Å². The van der Waals surface area contributed by atoms with Gasteiger partial charge in [0.05, 0.1) is 11.5 Å². The summed E-state index contributed by atoms with van der Waals surface area (Å²) >= 11 is 1.41. The molecule has 1 atom stereocenters. The van der Waals surface area contributed by atoms with Gasteiger partial charge in [-0.3, -0.25) is 4.79 Å². The van der Waals surface area contributed by atoms with Crippen molar-refractivity contribution >= 4 is 17.5 Å². The van der Waals surface area contributed by atoms with Crippen LogP contribution in [0.2, 0.25) is 0 Å². The van der Waals surface area contributed by atoms with Crippen molar-refractivity contribution in [2.45, 2.75) is 36.0 Å². The number of carbonyl (C=O) groups excluding carboxylic acids is 1. The summed E-state index contributed by atoms with van der Waals surface area (Å²) in [5.74, 6) is -0.703. The van der Waals surface area contributed by atoms with Gasteiger partial charge >= 0.3 is 0 Å². The Hall–Kier alpha value is -2.72. The van der Waals surface area contributed by atoms with Gasteiger partial charge in [-0.25, -0.2) is 0 Å². The Labute approximate surface area is 163 Å². The van der Waals surface area contributed by atoms with E-state index in [1.54, 1.807) is 6.07 Å². The van der Waals surface area contributed by atoms with E-state index in [4.69, 9.17) is 0 Å². The summed E-state index contributed by atoms with van der Waals surface area (Å²) in [6.07, 6.45) is 0.566. The van der Waals surface area contributed by atoms with Crippen LogP contribution in [0.1, 0.15) is 41.3 Å². The molecule has 0 fully saturated rings. The predicted molar refractivity (Wildman–Crippen MR) is 109 cm³/mol. The zero-order valence-corrected chi connectivity index (χ0v) is 16.2. The molecular formula is C23H22O3S. The normalized spacial score (nSPS) is 15.0. The van der Waals surface area contributed by atoms with E-state index in [0.29, 0.717) is 16.9 Å². The molecule has 27 heavy (non-hydrogen) atoms. The number of hydrogen-bond donors (Lipinski definition) is 2. The third kappa shape index (κ3) is 3.86. The van der Waals surface area contributed by atoms with Crippen LogP contribution < -0.4 is 0 Å². The molecule has 1 unspecified atom stereocenters. The molecule has 0 saturated heterocycles. The molecule has 2 N–H and O–H groups in total. The molecular weight excluding hydrogens is 356 g/mol. The van der Waals surface area contributed by atoms with Crippen LogP contribution in [0.25, 0.3) is 0 Å². The standard InChI is InChI=1S/C21H16O3S.C2H6/c22-14-11-17(23)20-19(12-14)25-18-9-5-4-8-15(18)16(21(20)24)10-13-6-2-1-3-7-13;1-2/h1-9,11-12,16,22-23H,10H2;1-2H3. The number of phenols is 2. The average molecular weight is 378 g/mol. The van der Waals surface area contributed by atoms with E-state index >= 15 is 0 Å². The highest BCUT2D eigenvalue weighted by atomic mass is 32.2. The van der Waals surface area contributed by atoms with Crippen LogP contribution in [0.4, 0.5) is 0 Å². The second-order valence-electron chi connectivity index (χ2n) is 6.08. The Balaban J connectivity index is 0.00000102. The van der Waals surface area contributed by atoms with Gasteiger partial charge in [0.15, 0.2) is 5.78 Å². The topological polar surface area (TPSA) is 57.5 Å². The smallest absolute Gasteiger partial charge is 0.175 e. The summed E-state index contributed by atoms with van der Waals surface area (Å²) in [7, 11) is 0. The van der Waals surface area contributed by atoms with Crippen molar-refractivity contribution in [1.29, 1.82) is 0 Å². The summed E-state index contributed by atoms with van der Waals surface area (Å²) in [5.41, 5.74) is 2.32. The number of hydrogen-bond acceptors (Lipinski definition) is 4. The van der Waals surface area contributed by atoms with Gasteiger partial charge < -0.3 is 10.2 Å². The molecule has 3 nitrogen and oxygen atoms in total. The monoisotopic (exact) mass is 378 g/mol. The second kappa shape index (κ2) is 8.31. The van der Waals surface area contributed by atoms with Crippen molar-refractivity contribution in [3.8, 4) is 11.5 Å². The van der Waals surface area contributed by atoms with Crippen LogP contribution in [0, 0.1) is 0 Å². The van der Waals surface area contributed by atoms with Gasteiger partial charge in [0.25, 0.3) is 0 Å². The van der Waals surface area contributed by atoms with Crippen molar-refractivity contribution in [3.63, 3.8) is 0 Å². The summed E-state index contributed by atoms with van der Waals surface area (Å²) < 4.78 is 0. The molecule has 4 heteroatoms. The molecule has 1 aliphatic heterocycles. The minimum Gasteiger partial charge on any atom is -0.508 e. The Bertz CT molecular complexity index is 951. The SMILES string of the molecule is CC.O=C1c2c(O)cc(O)cc2Sc2ccccc2C1Cc1ccccc1. The van der Waals surface area contributed by atoms with Crippen LogP contribution in [-0.2, 0) is 6.42 Å². The van der Waals surface area contributed by atoms with Gasteiger partial charge in [0, 0.05) is 15.9 Å². The third-order valence-electron chi connectivity index (χ3n) is 4.43. The Morgan fingerprint density at radius 2 is 1.56 bits per heavy atom. The number of benzene rings is 3. The largest absolute Gasteiger partial charge is 0.508 e. The van der Waals surface area contributed by atoms with Crippen molar-refractivity contribution in [2.75, 3.05) is 0 Å². The maximum Gasteiger partial charge on any atom is 0.175 e. The van der Waals surface area contributed by atoms with E-state index in [0.717, 1.165) is 16.0 Å². The first-order valence-corrected chi connectivity index (χ1v) is 9.86. The molecule has 0 amide bonds. The van der Waals surface area contributed by atoms with Gasteiger partial charge in [-0.1, -0.05) is 74.1 Å². The first-order valence-electron chi connectivity index (χ1n) is 9.04. The first-order chi connectivity index (χ1) is 13.1. The van der Waals surface area contributed by atoms with Crippen molar-refractivity contribution in [3.05, 3.63) is 83.4 Å². The zero-order chi connectivity index (χ0) is 19.4. The zero-order valence-electron chi connectivity index (χ0n) is 15.3. The molecule has 1 heterocycles. The fourth-order valence-electron chi connectivity index (χ4n) is 3.26. The lowest BCUT2D eigenvalue weighted by atomic mass is 9.85. The van der Waals surface area contributed by atoms with Gasteiger partial charge in [-0.05, 0) is 29.7 Å². The molecule has 0 aliphatic carbocycles. The highest BCUT2D eigenvalue weighted by Crippen LogP contribution is 2.46. The van der Waals surface area contributed by atoms with Gasteiger partial charge in [-0.15, -0.1) is 0 Å². The van der Waals surface area contributed by atoms with Crippen LogP contribution in [-0.4, -0.2) is 16.0 Å². The number of fused-ring (bicyclic) bond motifs is 2. The Morgan fingerprint density at radius 3 is 2.30 bits per heavy atom. The highest BCUT2D eigenvalue weighted by molar-refractivity contribution is 7.99. The van der Waals surface area contributed by atoms with Crippen molar-refractivity contribution in [2.24, 2.45) is 0 Å². The third-order valence-corrected chi connectivity index (χ3v) is 5.56. The second-order valence-corrected chi connectivity index (χ2v) is 7.17. The molecule has 1 aliphatic rings. The number of phenolic OH excluding ortho intramolecular Hbond substituents is 2. The van der Waals surface area contributed by atoms with Crippen LogP contribution in [0.15, 0.2) is 76.5 Å². The van der Waals surface area contributed by atoms with Gasteiger partial charge in [-0.2, -0.15) is 0 Å². The first kappa shape index (κ1) is 19.1. The fourth-order valence-corrected chi connectivity index (χ4v) is 4.46. The highest BCUT2D eigenvalue weighted by Gasteiger charge is 2.32. The Morgan fingerprint density at radius 1 is 0.889 bits per heavy atom. The van der Waals surface area contributed by atoms with Crippen molar-refractivity contribution in [1.82, 2.24) is 0 Å². The van der Waals surface area contributed by atoms with Crippen molar-refractivity contribution < 1.29 is 15.0 Å². The minimum atomic E-state index is -0.372. The maximum absolute atomic E-state index is 13.3. The minimum absolute atomic E-state index is 0.0458. The molecule has 0 aromatic heterocycles. The van der Waals surface area contributed by atoms with E-state index in [9.17, 15) is 15.0 Å².